The third-order valence-corrected chi connectivity index (χ3v) is 4.92. The maximum Gasteiger partial charge on any atom is 0.358 e. The number of rotatable bonds is 5. The maximum atomic E-state index is 12.3. The molecule has 0 aliphatic rings. The highest BCUT2D eigenvalue weighted by Crippen LogP contribution is 2.24. The number of esters is 1. The van der Waals surface area contributed by atoms with E-state index in [0.717, 1.165) is 21.7 Å². The fraction of sp³-hybridized carbons (Fsp3) is 0.190. The molecule has 1 heterocycles. The van der Waals surface area contributed by atoms with Crippen molar-refractivity contribution in [3.63, 3.8) is 0 Å². The van der Waals surface area contributed by atoms with Crippen molar-refractivity contribution in [1.82, 2.24) is 4.98 Å². The summed E-state index contributed by atoms with van der Waals surface area (Å²) < 4.78 is 5.28. The number of nitrogens with one attached hydrogen (secondary N) is 1. The van der Waals surface area contributed by atoms with Gasteiger partial charge in [0.2, 0.25) is 0 Å². The molecule has 6 heteroatoms. The number of benzene rings is 2. The van der Waals surface area contributed by atoms with E-state index in [2.05, 4.69) is 10.3 Å². The Morgan fingerprint density at radius 1 is 1.11 bits per heavy atom. The number of anilines is 1. The zero-order valence-corrected chi connectivity index (χ0v) is 16.2. The highest BCUT2D eigenvalue weighted by molar-refractivity contribution is 7.13. The Kier molecular flexibility index (Phi) is 5.66. The number of ether oxygens (including phenoxy) is 1. The van der Waals surface area contributed by atoms with Gasteiger partial charge in [0, 0.05) is 16.6 Å². The lowest BCUT2D eigenvalue weighted by Gasteiger charge is -2.14. The number of amides is 1. The van der Waals surface area contributed by atoms with E-state index in [1.165, 1.54) is 11.3 Å². The first-order chi connectivity index (χ1) is 12.9. The van der Waals surface area contributed by atoms with Gasteiger partial charge in [-0.05, 0) is 32.4 Å². The van der Waals surface area contributed by atoms with Crippen LogP contribution < -0.4 is 5.32 Å². The monoisotopic (exact) mass is 380 g/mol. The molecular weight excluding hydrogens is 360 g/mol. The summed E-state index contributed by atoms with van der Waals surface area (Å²) in [6.45, 7) is 5.45. The summed E-state index contributed by atoms with van der Waals surface area (Å²) in [4.78, 5) is 29.0. The van der Waals surface area contributed by atoms with E-state index in [9.17, 15) is 9.59 Å². The summed E-state index contributed by atoms with van der Waals surface area (Å²) in [6, 6.07) is 15.3. The van der Waals surface area contributed by atoms with Gasteiger partial charge >= 0.3 is 5.97 Å². The first-order valence-corrected chi connectivity index (χ1v) is 9.42. The van der Waals surface area contributed by atoms with Gasteiger partial charge in [0.25, 0.3) is 5.91 Å². The van der Waals surface area contributed by atoms with E-state index in [1.54, 1.807) is 12.3 Å². The summed E-state index contributed by atoms with van der Waals surface area (Å²) in [5.41, 5.74) is 3.90. The minimum atomic E-state index is -0.930. The molecule has 0 fully saturated rings. The van der Waals surface area contributed by atoms with Crippen molar-refractivity contribution < 1.29 is 14.3 Å². The number of hydrogen-bond acceptors (Lipinski definition) is 5. The molecule has 3 rings (SSSR count). The molecule has 5 nitrogen and oxygen atoms in total. The molecule has 3 aromatic rings. The molecule has 0 unspecified atom stereocenters. The molecule has 2 aromatic carbocycles. The smallest absolute Gasteiger partial charge is 0.358 e. The molecular formula is C21H20N2O3S. The molecule has 0 aliphatic carbocycles. The molecule has 0 spiro atoms. The number of carbonyl (C=O) groups is 2. The van der Waals surface area contributed by atoms with Gasteiger partial charge < -0.3 is 10.1 Å². The van der Waals surface area contributed by atoms with Crippen LogP contribution in [0.5, 0.6) is 0 Å². The van der Waals surface area contributed by atoms with Crippen LogP contribution in [-0.2, 0) is 9.53 Å². The lowest BCUT2D eigenvalue weighted by molar-refractivity contribution is -0.123. The zero-order chi connectivity index (χ0) is 19.4. The number of aryl methyl sites for hydroxylation is 2. The van der Waals surface area contributed by atoms with Gasteiger partial charge in [-0.1, -0.05) is 48.0 Å². The fourth-order valence-electron chi connectivity index (χ4n) is 2.54. The average molecular weight is 380 g/mol. The average Bonchev–Trinajstić information content (AvgIpc) is 3.15. The summed E-state index contributed by atoms with van der Waals surface area (Å²) in [6.07, 6.45) is -0.930. The second-order valence-electron chi connectivity index (χ2n) is 6.26. The molecule has 0 saturated heterocycles. The Bertz CT molecular complexity index is 967. The van der Waals surface area contributed by atoms with Gasteiger partial charge in [-0.15, -0.1) is 11.3 Å². The number of aromatic nitrogens is 1. The minimum absolute atomic E-state index is 0.199. The van der Waals surface area contributed by atoms with Gasteiger partial charge in [-0.2, -0.15) is 0 Å². The lowest BCUT2D eigenvalue weighted by Crippen LogP contribution is -2.30. The zero-order valence-electron chi connectivity index (χ0n) is 15.4. The van der Waals surface area contributed by atoms with E-state index >= 15 is 0 Å². The summed E-state index contributed by atoms with van der Waals surface area (Å²) >= 11 is 1.36. The second-order valence-corrected chi connectivity index (χ2v) is 7.12. The van der Waals surface area contributed by atoms with Crippen molar-refractivity contribution in [2.45, 2.75) is 26.9 Å². The molecule has 0 saturated carbocycles. The standard InChI is InChI=1S/C21H20N2O3S/c1-13-9-10-17(14(2)11-13)22-19(24)15(3)26-21(25)18-12-27-20(23-18)16-7-5-4-6-8-16/h4-12,15H,1-3H3,(H,22,24)/t15-/m0/s1. The van der Waals surface area contributed by atoms with Crippen LogP contribution in [0.1, 0.15) is 28.5 Å². The third kappa shape index (κ3) is 4.60. The molecule has 0 radical (unpaired) electrons. The van der Waals surface area contributed by atoms with Crippen LogP contribution in [-0.4, -0.2) is 23.0 Å². The fourth-order valence-corrected chi connectivity index (χ4v) is 3.34. The van der Waals surface area contributed by atoms with Crippen LogP contribution in [0, 0.1) is 13.8 Å². The summed E-state index contributed by atoms with van der Waals surface area (Å²) in [7, 11) is 0. The first kappa shape index (κ1) is 18.8. The Morgan fingerprint density at radius 2 is 1.85 bits per heavy atom. The summed E-state index contributed by atoms with van der Waals surface area (Å²) in [5.74, 6) is -0.995. The molecule has 1 amide bonds. The third-order valence-electron chi connectivity index (χ3n) is 4.03. The van der Waals surface area contributed by atoms with Crippen molar-refractivity contribution in [2.24, 2.45) is 0 Å². The Balaban J connectivity index is 1.63. The van der Waals surface area contributed by atoms with Crippen molar-refractivity contribution >= 4 is 28.9 Å². The van der Waals surface area contributed by atoms with Crippen LogP contribution in [0.2, 0.25) is 0 Å². The number of nitrogens with zero attached hydrogens (tertiary/aromatic N) is 1. The molecule has 138 valence electrons. The van der Waals surface area contributed by atoms with Gasteiger partial charge in [0.15, 0.2) is 11.8 Å². The molecule has 27 heavy (non-hydrogen) atoms. The Labute approximate surface area is 162 Å². The number of carbonyl (C=O) groups excluding carboxylic acids is 2. The lowest BCUT2D eigenvalue weighted by atomic mass is 10.1. The SMILES string of the molecule is Cc1ccc(NC(=O)[C@H](C)OC(=O)c2csc(-c3ccccc3)n2)c(C)c1. The van der Waals surface area contributed by atoms with Crippen LogP contribution >= 0.6 is 11.3 Å². The molecule has 1 atom stereocenters. The Morgan fingerprint density at radius 3 is 2.56 bits per heavy atom. The van der Waals surface area contributed by atoms with Crippen molar-refractivity contribution in [3.8, 4) is 10.6 Å². The quantitative estimate of drug-likeness (QED) is 0.656. The van der Waals surface area contributed by atoms with Gasteiger partial charge in [-0.25, -0.2) is 9.78 Å². The van der Waals surface area contributed by atoms with Gasteiger partial charge in [-0.3, -0.25) is 4.79 Å². The van der Waals surface area contributed by atoms with Crippen LogP contribution in [0.3, 0.4) is 0 Å². The normalized spacial score (nSPS) is 11.7. The Hall–Kier alpha value is -2.99. The van der Waals surface area contributed by atoms with Gasteiger partial charge in [0.1, 0.15) is 5.01 Å². The number of hydrogen-bond donors (Lipinski definition) is 1. The van der Waals surface area contributed by atoms with Crippen molar-refractivity contribution in [2.75, 3.05) is 5.32 Å². The van der Waals surface area contributed by atoms with E-state index in [0.29, 0.717) is 5.69 Å². The van der Waals surface area contributed by atoms with Crippen molar-refractivity contribution in [1.29, 1.82) is 0 Å². The first-order valence-electron chi connectivity index (χ1n) is 8.54. The van der Waals surface area contributed by atoms with Crippen LogP contribution in [0.25, 0.3) is 10.6 Å². The van der Waals surface area contributed by atoms with Crippen LogP contribution in [0.15, 0.2) is 53.9 Å². The molecule has 1 aromatic heterocycles. The minimum Gasteiger partial charge on any atom is -0.448 e. The van der Waals surface area contributed by atoms with E-state index in [4.69, 9.17) is 4.74 Å². The highest BCUT2D eigenvalue weighted by Gasteiger charge is 2.21. The maximum absolute atomic E-state index is 12.3. The molecule has 0 bridgehead atoms. The van der Waals surface area contributed by atoms with Crippen LogP contribution in [0.4, 0.5) is 5.69 Å². The molecule has 0 aliphatic heterocycles. The van der Waals surface area contributed by atoms with E-state index in [-0.39, 0.29) is 11.6 Å². The molecule has 1 N–H and O–H groups in total. The van der Waals surface area contributed by atoms with E-state index in [1.807, 2.05) is 62.4 Å². The number of thiazole rings is 1. The second kappa shape index (κ2) is 8.14. The predicted molar refractivity (Wildman–Crippen MR) is 107 cm³/mol. The largest absolute Gasteiger partial charge is 0.448 e. The van der Waals surface area contributed by atoms with Crippen molar-refractivity contribution in [3.05, 3.63) is 70.7 Å². The van der Waals surface area contributed by atoms with Gasteiger partial charge in [0.05, 0.1) is 0 Å². The topological polar surface area (TPSA) is 68.3 Å². The highest BCUT2D eigenvalue weighted by atomic mass is 32.1. The summed E-state index contributed by atoms with van der Waals surface area (Å²) in [5, 5.41) is 5.16. The predicted octanol–water partition coefficient (Wildman–Crippen LogP) is 4.61. The van der Waals surface area contributed by atoms with E-state index < -0.39 is 12.1 Å².